The molecule has 1 aromatic rings. The molecule has 9 nitrogen and oxygen atoms in total. The average molecular weight is 475 g/mol. The van der Waals surface area contributed by atoms with Crippen LogP contribution < -0.4 is 14.8 Å². The number of amides is 3. The average Bonchev–Trinajstić information content (AvgIpc) is 2.87. The summed E-state index contributed by atoms with van der Waals surface area (Å²) in [5, 5.41) is 2.90. The quantitative estimate of drug-likeness (QED) is 0.616. The van der Waals surface area contributed by atoms with Crippen LogP contribution in [0, 0.1) is 5.92 Å². The fraction of sp³-hybridized carbons (Fsp3) is 0.640. The summed E-state index contributed by atoms with van der Waals surface area (Å²) in [5.74, 6) is 0.665. The highest BCUT2D eigenvalue weighted by atomic mass is 16.5. The van der Waals surface area contributed by atoms with Gasteiger partial charge in [0.15, 0.2) is 0 Å². The first kappa shape index (κ1) is 25.8. The number of likely N-dealkylation sites (tertiary alicyclic amines) is 1. The van der Waals surface area contributed by atoms with E-state index in [0.717, 1.165) is 25.9 Å². The molecule has 2 fully saturated rings. The van der Waals surface area contributed by atoms with E-state index in [0.29, 0.717) is 49.8 Å². The number of nitrogens with zero attached hydrogens (tertiary/aromatic N) is 3. The summed E-state index contributed by atoms with van der Waals surface area (Å²) in [4.78, 5) is 44.7. The second kappa shape index (κ2) is 12.1. The Labute approximate surface area is 202 Å². The Morgan fingerprint density at radius 3 is 1.97 bits per heavy atom. The van der Waals surface area contributed by atoms with Gasteiger partial charge >= 0.3 is 0 Å². The summed E-state index contributed by atoms with van der Waals surface area (Å²) < 4.78 is 10.5. The van der Waals surface area contributed by atoms with Gasteiger partial charge in [0.25, 0.3) is 5.91 Å². The summed E-state index contributed by atoms with van der Waals surface area (Å²) in [6.07, 6.45) is 3.36. The summed E-state index contributed by atoms with van der Waals surface area (Å²) in [6.45, 7) is 8.33. The summed E-state index contributed by atoms with van der Waals surface area (Å²) in [6, 6.07) is 4.29. The van der Waals surface area contributed by atoms with Crippen molar-refractivity contribution >= 4 is 17.7 Å². The predicted molar refractivity (Wildman–Crippen MR) is 129 cm³/mol. The van der Waals surface area contributed by atoms with Crippen LogP contribution in [0.1, 0.15) is 43.5 Å². The number of benzene rings is 1. The van der Waals surface area contributed by atoms with E-state index in [1.165, 1.54) is 20.6 Å². The lowest BCUT2D eigenvalue weighted by molar-refractivity contribution is -0.137. The fourth-order valence-corrected chi connectivity index (χ4v) is 4.43. The molecule has 2 heterocycles. The van der Waals surface area contributed by atoms with Crippen molar-refractivity contribution in [3.63, 3.8) is 0 Å². The van der Waals surface area contributed by atoms with E-state index in [4.69, 9.17) is 9.47 Å². The monoisotopic (exact) mass is 474 g/mol. The van der Waals surface area contributed by atoms with Gasteiger partial charge in [-0.25, -0.2) is 0 Å². The molecule has 0 aliphatic carbocycles. The Bertz CT molecular complexity index is 839. The normalized spacial score (nSPS) is 17.9. The van der Waals surface area contributed by atoms with Crippen LogP contribution in [0.5, 0.6) is 11.5 Å². The van der Waals surface area contributed by atoms with Gasteiger partial charge in [-0.3, -0.25) is 19.3 Å². The molecule has 2 aliphatic heterocycles. The van der Waals surface area contributed by atoms with E-state index in [1.807, 2.05) is 18.7 Å². The number of methoxy groups -OCH3 is 2. The van der Waals surface area contributed by atoms with Crippen LogP contribution in [0.25, 0.3) is 0 Å². The van der Waals surface area contributed by atoms with Crippen molar-refractivity contribution in [2.24, 2.45) is 5.92 Å². The molecule has 1 atom stereocenters. The number of hydrogen-bond donors (Lipinski definition) is 1. The number of rotatable bonds is 8. The molecule has 1 aromatic carbocycles. The third-order valence-corrected chi connectivity index (χ3v) is 6.58. The zero-order chi connectivity index (χ0) is 24.7. The molecule has 0 unspecified atom stereocenters. The van der Waals surface area contributed by atoms with Crippen LogP contribution in [0.3, 0.4) is 0 Å². The Kier molecular flexibility index (Phi) is 9.15. The number of hydrogen-bond acceptors (Lipinski definition) is 6. The number of nitrogens with one attached hydrogen (secondary N) is 1. The second-order valence-electron chi connectivity index (χ2n) is 9.34. The van der Waals surface area contributed by atoms with Gasteiger partial charge in [0.05, 0.1) is 20.8 Å². The Hall–Kier alpha value is -2.81. The van der Waals surface area contributed by atoms with E-state index in [2.05, 4.69) is 10.2 Å². The van der Waals surface area contributed by atoms with Gasteiger partial charge in [-0.2, -0.15) is 0 Å². The highest BCUT2D eigenvalue weighted by Crippen LogP contribution is 2.23. The molecule has 2 saturated heterocycles. The molecule has 1 N–H and O–H groups in total. The van der Waals surface area contributed by atoms with Crippen LogP contribution in [-0.4, -0.2) is 98.5 Å². The molecular formula is C25H38N4O5. The van der Waals surface area contributed by atoms with Gasteiger partial charge in [0.1, 0.15) is 17.5 Å². The second-order valence-corrected chi connectivity index (χ2v) is 9.34. The SMILES string of the molecule is COc1cc(OC)cc(C(=O)N[C@H](C(=O)N2CCN(CC(=O)N3CCCCC3)CC2)C(C)C)c1. The first-order valence-corrected chi connectivity index (χ1v) is 12.1. The molecule has 0 aromatic heterocycles. The molecule has 9 heteroatoms. The maximum Gasteiger partial charge on any atom is 0.252 e. The van der Waals surface area contributed by atoms with Gasteiger partial charge in [0, 0.05) is 50.9 Å². The molecule has 0 bridgehead atoms. The molecule has 34 heavy (non-hydrogen) atoms. The summed E-state index contributed by atoms with van der Waals surface area (Å²) >= 11 is 0. The maximum atomic E-state index is 13.3. The Balaban J connectivity index is 1.57. The third kappa shape index (κ3) is 6.62. The molecule has 0 radical (unpaired) electrons. The fourth-order valence-electron chi connectivity index (χ4n) is 4.43. The highest BCUT2D eigenvalue weighted by Gasteiger charge is 2.32. The number of piperazine rings is 1. The topological polar surface area (TPSA) is 91.4 Å². The number of piperidine rings is 1. The van der Waals surface area contributed by atoms with E-state index in [9.17, 15) is 14.4 Å². The summed E-state index contributed by atoms with van der Waals surface area (Å²) in [5.41, 5.74) is 0.371. The van der Waals surface area contributed by atoms with Crippen molar-refractivity contribution in [1.29, 1.82) is 0 Å². The van der Waals surface area contributed by atoms with Gasteiger partial charge in [0.2, 0.25) is 11.8 Å². The minimum absolute atomic E-state index is 0.0809. The van der Waals surface area contributed by atoms with E-state index in [-0.39, 0.29) is 23.6 Å². The number of carbonyl (C=O) groups is 3. The van der Waals surface area contributed by atoms with Crippen molar-refractivity contribution in [3.05, 3.63) is 23.8 Å². The molecule has 3 amide bonds. The van der Waals surface area contributed by atoms with Gasteiger partial charge in [-0.05, 0) is 37.3 Å². The summed E-state index contributed by atoms with van der Waals surface area (Å²) in [7, 11) is 3.05. The van der Waals surface area contributed by atoms with Crippen molar-refractivity contribution < 1.29 is 23.9 Å². The van der Waals surface area contributed by atoms with Crippen molar-refractivity contribution in [2.45, 2.75) is 39.2 Å². The van der Waals surface area contributed by atoms with Crippen molar-refractivity contribution in [1.82, 2.24) is 20.0 Å². The van der Waals surface area contributed by atoms with Crippen LogP contribution in [0.4, 0.5) is 0 Å². The van der Waals surface area contributed by atoms with E-state index < -0.39 is 6.04 Å². The van der Waals surface area contributed by atoms with E-state index >= 15 is 0 Å². The molecule has 2 aliphatic rings. The van der Waals surface area contributed by atoms with Crippen LogP contribution in [-0.2, 0) is 9.59 Å². The molecule has 3 rings (SSSR count). The minimum Gasteiger partial charge on any atom is -0.497 e. The molecule has 188 valence electrons. The van der Waals surface area contributed by atoms with Crippen LogP contribution >= 0.6 is 0 Å². The van der Waals surface area contributed by atoms with Crippen LogP contribution in [0.2, 0.25) is 0 Å². The van der Waals surface area contributed by atoms with E-state index in [1.54, 1.807) is 23.1 Å². The zero-order valence-corrected chi connectivity index (χ0v) is 20.8. The minimum atomic E-state index is -0.647. The predicted octanol–water partition coefficient (Wildman–Crippen LogP) is 1.61. The largest absolute Gasteiger partial charge is 0.497 e. The smallest absolute Gasteiger partial charge is 0.252 e. The van der Waals surface area contributed by atoms with Crippen molar-refractivity contribution in [3.8, 4) is 11.5 Å². The van der Waals surface area contributed by atoms with Crippen LogP contribution in [0.15, 0.2) is 18.2 Å². The van der Waals surface area contributed by atoms with Gasteiger partial charge in [-0.15, -0.1) is 0 Å². The lowest BCUT2D eigenvalue weighted by Gasteiger charge is -2.38. The lowest BCUT2D eigenvalue weighted by Crippen LogP contribution is -2.57. The van der Waals surface area contributed by atoms with Gasteiger partial charge in [-0.1, -0.05) is 13.8 Å². The number of carbonyl (C=O) groups excluding carboxylic acids is 3. The lowest BCUT2D eigenvalue weighted by atomic mass is 10.0. The first-order chi connectivity index (χ1) is 16.3. The molecule has 0 spiro atoms. The molecule has 0 saturated carbocycles. The highest BCUT2D eigenvalue weighted by molar-refractivity contribution is 5.98. The van der Waals surface area contributed by atoms with Crippen molar-refractivity contribution in [2.75, 3.05) is 60.0 Å². The number of ether oxygens (including phenoxy) is 2. The van der Waals surface area contributed by atoms with Gasteiger partial charge < -0.3 is 24.6 Å². The standard InChI is InChI=1S/C25H38N4O5/c1-18(2)23(26-24(31)19-14-20(33-3)16-21(15-19)34-4)25(32)29-12-10-27(11-13-29)17-22(30)28-8-6-5-7-9-28/h14-16,18,23H,5-13,17H2,1-4H3,(H,26,31)/t23-/m0/s1. The zero-order valence-electron chi connectivity index (χ0n) is 20.8. The Morgan fingerprint density at radius 2 is 1.44 bits per heavy atom. The first-order valence-electron chi connectivity index (χ1n) is 12.1. The molecular weight excluding hydrogens is 436 g/mol. The maximum absolute atomic E-state index is 13.3. The third-order valence-electron chi connectivity index (χ3n) is 6.58. The Morgan fingerprint density at radius 1 is 0.853 bits per heavy atom.